The Morgan fingerprint density at radius 1 is 1.04 bits per heavy atom. The molecule has 1 aliphatic heterocycles. The van der Waals surface area contributed by atoms with E-state index in [9.17, 15) is 0 Å². The van der Waals surface area contributed by atoms with E-state index in [4.69, 9.17) is 0 Å². The van der Waals surface area contributed by atoms with Crippen LogP contribution in [0.15, 0.2) is 55.0 Å². The Morgan fingerprint density at radius 3 is 2.65 bits per heavy atom. The fraction of sp³-hybridized carbons (Fsp3) is 0.368. The lowest BCUT2D eigenvalue weighted by Gasteiger charge is -2.31. The topological polar surface area (TPSA) is 33.4 Å². The van der Waals surface area contributed by atoms with Crippen molar-refractivity contribution in [2.45, 2.75) is 25.8 Å². The Morgan fingerprint density at radius 2 is 1.87 bits per heavy atom. The molecular weight excluding hydrogens is 284 g/mol. The fourth-order valence-corrected chi connectivity index (χ4v) is 3.48. The first-order chi connectivity index (χ1) is 11.4. The van der Waals surface area contributed by atoms with Gasteiger partial charge in [-0.15, -0.1) is 0 Å². The molecule has 1 aliphatic rings. The van der Waals surface area contributed by atoms with Gasteiger partial charge >= 0.3 is 0 Å². The van der Waals surface area contributed by atoms with E-state index in [-0.39, 0.29) is 0 Å². The van der Waals surface area contributed by atoms with Crippen molar-refractivity contribution >= 4 is 5.78 Å². The summed E-state index contributed by atoms with van der Waals surface area (Å²) in [6, 6.07) is 12.8. The fourth-order valence-electron chi connectivity index (χ4n) is 3.48. The normalized spacial score (nSPS) is 16.9. The van der Waals surface area contributed by atoms with E-state index < -0.39 is 0 Å². The molecule has 3 heterocycles. The van der Waals surface area contributed by atoms with Crippen LogP contribution in [-0.4, -0.2) is 32.4 Å². The van der Waals surface area contributed by atoms with Crippen molar-refractivity contribution < 1.29 is 0 Å². The van der Waals surface area contributed by atoms with Crippen LogP contribution in [0.1, 0.15) is 24.1 Å². The highest BCUT2D eigenvalue weighted by Crippen LogP contribution is 2.22. The Balaban J connectivity index is 1.32. The Kier molecular flexibility index (Phi) is 4.07. The molecule has 0 atom stereocenters. The molecule has 23 heavy (non-hydrogen) atoms. The molecule has 0 N–H and O–H groups in total. The molecule has 1 aromatic carbocycles. The molecule has 2 aromatic heterocycles. The van der Waals surface area contributed by atoms with Crippen LogP contribution < -0.4 is 0 Å². The number of fused-ring (bicyclic) bond motifs is 1. The van der Waals surface area contributed by atoms with E-state index in [0.29, 0.717) is 0 Å². The van der Waals surface area contributed by atoms with Crippen LogP contribution in [0.4, 0.5) is 0 Å². The van der Waals surface area contributed by atoms with Crippen molar-refractivity contribution in [3.8, 4) is 0 Å². The van der Waals surface area contributed by atoms with Crippen LogP contribution in [0.25, 0.3) is 5.78 Å². The number of rotatable bonds is 4. The van der Waals surface area contributed by atoms with E-state index in [0.717, 1.165) is 23.9 Å². The lowest BCUT2D eigenvalue weighted by atomic mass is 9.90. The maximum Gasteiger partial charge on any atom is 0.233 e. The predicted octanol–water partition coefficient (Wildman–Crippen LogP) is 3.18. The monoisotopic (exact) mass is 306 g/mol. The molecule has 1 saturated heterocycles. The summed E-state index contributed by atoms with van der Waals surface area (Å²) in [5.74, 6) is 1.61. The first kappa shape index (κ1) is 14.4. The van der Waals surface area contributed by atoms with Gasteiger partial charge in [-0.05, 0) is 49.9 Å². The molecule has 0 saturated carbocycles. The van der Waals surface area contributed by atoms with Gasteiger partial charge in [0.2, 0.25) is 5.78 Å². The quantitative estimate of drug-likeness (QED) is 0.742. The van der Waals surface area contributed by atoms with Crippen LogP contribution in [0.2, 0.25) is 0 Å². The van der Waals surface area contributed by atoms with E-state index in [2.05, 4.69) is 51.4 Å². The van der Waals surface area contributed by atoms with Crippen molar-refractivity contribution in [1.29, 1.82) is 0 Å². The summed E-state index contributed by atoms with van der Waals surface area (Å²) in [5, 5.41) is 0. The molecule has 0 bridgehead atoms. The lowest BCUT2D eigenvalue weighted by Crippen LogP contribution is -2.33. The molecule has 0 radical (unpaired) electrons. The molecule has 4 rings (SSSR count). The van der Waals surface area contributed by atoms with Crippen LogP contribution in [0.3, 0.4) is 0 Å². The number of aromatic nitrogens is 3. The maximum absolute atomic E-state index is 4.60. The zero-order chi connectivity index (χ0) is 15.5. The Labute approximate surface area is 136 Å². The van der Waals surface area contributed by atoms with Gasteiger partial charge in [0.05, 0.1) is 5.69 Å². The van der Waals surface area contributed by atoms with Gasteiger partial charge in [0.1, 0.15) is 0 Å². The van der Waals surface area contributed by atoms with Crippen LogP contribution in [-0.2, 0) is 13.0 Å². The molecular formula is C19H22N4. The zero-order valence-electron chi connectivity index (χ0n) is 13.3. The summed E-state index contributed by atoms with van der Waals surface area (Å²) in [6.07, 6.45) is 9.67. The van der Waals surface area contributed by atoms with Crippen LogP contribution >= 0.6 is 0 Å². The highest BCUT2D eigenvalue weighted by molar-refractivity contribution is 5.29. The average molecular weight is 306 g/mol. The van der Waals surface area contributed by atoms with Crippen LogP contribution in [0.5, 0.6) is 0 Å². The molecule has 0 unspecified atom stereocenters. The lowest BCUT2D eigenvalue weighted by molar-refractivity contribution is 0.175. The zero-order valence-corrected chi connectivity index (χ0v) is 13.3. The first-order valence-corrected chi connectivity index (χ1v) is 8.42. The van der Waals surface area contributed by atoms with Gasteiger partial charge in [-0.2, -0.15) is 0 Å². The molecule has 4 nitrogen and oxygen atoms in total. The van der Waals surface area contributed by atoms with Crippen molar-refractivity contribution in [2.24, 2.45) is 5.92 Å². The third-order valence-corrected chi connectivity index (χ3v) is 4.75. The van der Waals surface area contributed by atoms with Crippen molar-refractivity contribution in [3.63, 3.8) is 0 Å². The van der Waals surface area contributed by atoms with Gasteiger partial charge < -0.3 is 0 Å². The Bertz CT molecular complexity index is 724. The minimum absolute atomic E-state index is 0.793. The van der Waals surface area contributed by atoms with Gasteiger partial charge in [0, 0.05) is 25.1 Å². The molecule has 0 amide bonds. The van der Waals surface area contributed by atoms with Crippen molar-refractivity contribution in [3.05, 3.63) is 66.2 Å². The van der Waals surface area contributed by atoms with Gasteiger partial charge in [0.15, 0.2) is 0 Å². The number of benzene rings is 1. The minimum Gasteiger partial charge on any atom is -0.297 e. The average Bonchev–Trinajstić information content (AvgIpc) is 3.00. The summed E-state index contributed by atoms with van der Waals surface area (Å²) < 4.78 is 2.00. The predicted molar refractivity (Wildman–Crippen MR) is 91.1 cm³/mol. The number of hydrogen-bond donors (Lipinski definition) is 0. The third-order valence-electron chi connectivity index (χ3n) is 4.75. The highest BCUT2D eigenvalue weighted by Gasteiger charge is 2.20. The summed E-state index contributed by atoms with van der Waals surface area (Å²) in [5.41, 5.74) is 2.59. The highest BCUT2D eigenvalue weighted by atomic mass is 15.2. The summed E-state index contributed by atoms with van der Waals surface area (Å²) in [7, 11) is 0. The van der Waals surface area contributed by atoms with Gasteiger partial charge in [0.25, 0.3) is 0 Å². The number of nitrogens with zero attached hydrogens (tertiary/aromatic N) is 4. The Hall–Kier alpha value is -2.20. The number of likely N-dealkylation sites (tertiary alicyclic amines) is 1. The van der Waals surface area contributed by atoms with E-state index >= 15 is 0 Å². The second-order valence-corrected chi connectivity index (χ2v) is 6.47. The number of piperidine rings is 1. The number of imidazole rings is 1. The van der Waals surface area contributed by atoms with E-state index in [1.165, 1.54) is 37.9 Å². The standard InChI is InChI=1S/C19H22N4/c1-2-5-16(6-3-1)13-17-7-11-22(12-8-17)14-18-15-23-10-4-9-20-19(23)21-18/h1-6,9-10,15,17H,7-8,11-14H2. The summed E-state index contributed by atoms with van der Waals surface area (Å²) in [6.45, 7) is 3.26. The molecule has 0 aliphatic carbocycles. The molecule has 3 aromatic rings. The SMILES string of the molecule is c1ccc(CC2CCN(Cc3cn4cccnc4n3)CC2)cc1. The van der Waals surface area contributed by atoms with Crippen molar-refractivity contribution in [2.75, 3.05) is 13.1 Å². The van der Waals surface area contributed by atoms with Crippen LogP contribution in [0, 0.1) is 5.92 Å². The largest absolute Gasteiger partial charge is 0.297 e. The summed E-state index contributed by atoms with van der Waals surface area (Å²) in [4.78, 5) is 11.4. The molecule has 1 fully saturated rings. The summed E-state index contributed by atoms with van der Waals surface area (Å²) >= 11 is 0. The van der Waals surface area contributed by atoms with Gasteiger partial charge in [-0.3, -0.25) is 9.30 Å². The molecule has 4 heteroatoms. The number of hydrogen-bond acceptors (Lipinski definition) is 3. The maximum atomic E-state index is 4.60. The smallest absolute Gasteiger partial charge is 0.233 e. The van der Waals surface area contributed by atoms with Crippen molar-refractivity contribution in [1.82, 2.24) is 19.3 Å². The third kappa shape index (κ3) is 3.42. The second kappa shape index (κ2) is 6.50. The molecule has 0 spiro atoms. The second-order valence-electron chi connectivity index (χ2n) is 6.47. The minimum atomic E-state index is 0.793. The van der Waals surface area contributed by atoms with E-state index in [1.807, 2.05) is 16.7 Å². The molecule has 118 valence electrons. The van der Waals surface area contributed by atoms with Gasteiger partial charge in [-0.25, -0.2) is 9.97 Å². The van der Waals surface area contributed by atoms with Gasteiger partial charge in [-0.1, -0.05) is 30.3 Å². The first-order valence-electron chi connectivity index (χ1n) is 8.42. The van der Waals surface area contributed by atoms with E-state index in [1.54, 1.807) is 6.20 Å².